The van der Waals surface area contributed by atoms with Gasteiger partial charge in [-0.2, -0.15) is 5.10 Å². The molecule has 3 aromatic rings. The average Bonchev–Trinajstić information content (AvgIpc) is 2.98. The number of hydrogen-bond acceptors (Lipinski definition) is 5. The van der Waals surface area contributed by atoms with Crippen molar-refractivity contribution in [3.63, 3.8) is 0 Å². The second kappa shape index (κ2) is 6.59. The van der Waals surface area contributed by atoms with E-state index in [0.29, 0.717) is 22.3 Å². The number of halogens is 1. The molecule has 3 rings (SSSR count). The summed E-state index contributed by atoms with van der Waals surface area (Å²) in [6, 6.07) is 10.5. The van der Waals surface area contributed by atoms with Gasteiger partial charge in [0.2, 0.25) is 0 Å². The van der Waals surface area contributed by atoms with E-state index in [-0.39, 0.29) is 11.4 Å². The van der Waals surface area contributed by atoms with Crippen LogP contribution in [-0.4, -0.2) is 27.8 Å². The second-order valence-electron chi connectivity index (χ2n) is 4.84. The van der Waals surface area contributed by atoms with Gasteiger partial charge in [-0.05, 0) is 24.3 Å². The number of nitrogens with two attached hydrogens (primary N) is 1. The van der Waals surface area contributed by atoms with Gasteiger partial charge in [0.05, 0.1) is 18.3 Å². The van der Waals surface area contributed by atoms with E-state index in [1.807, 2.05) is 12.1 Å². The molecule has 0 fully saturated rings. The number of ether oxygens (including phenoxy) is 1. The SMILES string of the molecule is COc1ccccc1-n1ncc(C(=O)Nc2ccc(Cl)cn2)c1N. The minimum absolute atomic E-state index is 0.200. The molecule has 0 radical (unpaired) electrons. The van der Waals surface area contributed by atoms with Crippen LogP contribution in [0.5, 0.6) is 5.75 Å². The fourth-order valence-electron chi connectivity index (χ4n) is 2.16. The summed E-state index contributed by atoms with van der Waals surface area (Å²) in [4.78, 5) is 16.4. The van der Waals surface area contributed by atoms with E-state index < -0.39 is 5.91 Å². The molecular weight excluding hydrogens is 330 g/mol. The van der Waals surface area contributed by atoms with Gasteiger partial charge in [0.15, 0.2) is 0 Å². The maximum atomic E-state index is 12.4. The van der Waals surface area contributed by atoms with Crippen LogP contribution >= 0.6 is 11.6 Å². The van der Waals surface area contributed by atoms with Crippen LogP contribution in [-0.2, 0) is 0 Å². The van der Waals surface area contributed by atoms with E-state index in [4.69, 9.17) is 22.1 Å². The number of pyridine rings is 1. The van der Waals surface area contributed by atoms with Gasteiger partial charge < -0.3 is 15.8 Å². The second-order valence-corrected chi connectivity index (χ2v) is 5.28. The first kappa shape index (κ1) is 15.8. The largest absolute Gasteiger partial charge is 0.494 e. The summed E-state index contributed by atoms with van der Waals surface area (Å²) >= 11 is 5.77. The monoisotopic (exact) mass is 343 g/mol. The highest BCUT2D eigenvalue weighted by atomic mass is 35.5. The number of nitrogens with zero attached hydrogens (tertiary/aromatic N) is 3. The highest BCUT2D eigenvalue weighted by Crippen LogP contribution is 2.25. The summed E-state index contributed by atoms with van der Waals surface area (Å²) in [7, 11) is 1.55. The lowest BCUT2D eigenvalue weighted by atomic mass is 10.2. The number of aromatic nitrogens is 3. The van der Waals surface area contributed by atoms with E-state index in [1.54, 1.807) is 31.4 Å². The third-order valence-electron chi connectivity index (χ3n) is 3.33. The molecule has 0 saturated carbocycles. The van der Waals surface area contributed by atoms with Gasteiger partial charge in [0.25, 0.3) is 5.91 Å². The first-order chi connectivity index (χ1) is 11.6. The fourth-order valence-corrected chi connectivity index (χ4v) is 2.27. The summed E-state index contributed by atoms with van der Waals surface area (Å²) in [5, 5.41) is 7.31. The number of rotatable bonds is 4. The van der Waals surface area contributed by atoms with E-state index in [1.165, 1.54) is 17.1 Å². The Morgan fingerprint density at radius 2 is 2.04 bits per heavy atom. The Morgan fingerprint density at radius 3 is 2.75 bits per heavy atom. The predicted octanol–water partition coefficient (Wildman–Crippen LogP) is 2.76. The maximum Gasteiger partial charge on any atom is 0.262 e. The highest BCUT2D eigenvalue weighted by molar-refractivity contribution is 6.30. The van der Waals surface area contributed by atoms with E-state index >= 15 is 0 Å². The van der Waals surface area contributed by atoms with Crippen molar-refractivity contribution in [1.82, 2.24) is 14.8 Å². The van der Waals surface area contributed by atoms with Crippen molar-refractivity contribution in [1.29, 1.82) is 0 Å². The quantitative estimate of drug-likeness (QED) is 0.759. The summed E-state index contributed by atoms with van der Waals surface area (Å²) in [5.74, 6) is 0.752. The van der Waals surface area contributed by atoms with Crippen LogP contribution in [0.2, 0.25) is 5.02 Å². The van der Waals surface area contributed by atoms with Crippen LogP contribution in [0.1, 0.15) is 10.4 Å². The molecule has 0 bridgehead atoms. The van der Waals surface area contributed by atoms with Gasteiger partial charge >= 0.3 is 0 Å². The molecule has 0 aliphatic heterocycles. The van der Waals surface area contributed by atoms with Crippen molar-refractivity contribution < 1.29 is 9.53 Å². The topological polar surface area (TPSA) is 95.1 Å². The minimum atomic E-state index is -0.413. The zero-order valence-electron chi connectivity index (χ0n) is 12.7. The number of carbonyl (C=O) groups is 1. The van der Waals surface area contributed by atoms with E-state index in [0.717, 1.165) is 0 Å². The number of carbonyl (C=O) groups excluding carboxylic acids is 1. The molecule has 1 aromatic carbocycles. The highest BCUT2D eigenvalue weighted by Gasteiger charge is 2.18. The Hall–Kier alpha value is -3.06. The molecule has 24 heavy (non-hydrogen) atoms. The Labute approximate surface area is 143 Å². The lowest BCUT2D eigenvalue weighted by Gasteiger charge is -2.10. The van der Waals surface area contributed by atoms with Gasteiger partial charge in [-0.1, -0.05) is 23.7 Å². The van der Waals surface area contributed by atoms with Crippen LogP contribution in [0.3, 0.4) is 0 Å². The molecule has 7 nitrogen and oxygen atoms in total. The molecule has 0 saturated heterocycles. The van der Waals surface area contributed by atoms with Crippen molar-refractivity contribution in [3.8, 4) is 11.4 Å². The molecule has 8 heteroatoms. The normalized spacial score (nSPS) is 10.4. The maximum absolute atomic E-state index is 12.4. The summed E-state index contributed by atoms with van der Waals surface area (Å²) in [6.07, 6.45) is 2.84. The standard InChI is InChI=1S/C16H14ClN5O2/c1-24-13-5-3-2-4-12(13)22-15(18)11(9-20-22)16(23)21-14-7-6-10(17)8-19-14/h2-9H,18H2,1H3,(H,19,21,23). The molecule has 0 atom stereocenters. The molecule has 0 aliphatic carbocycles. The van der Waals surface area contributed by atoms with Crippen LogP contribution < -0.4 is 15.8 Å². The van der Waals surface area contributed by atoms with Crippen molar-refractivity contribution in [2.45, 2.75) is 0 Å². The Balaban J connectivity index is 1.89. The predicted molar refractivity (Wildman–Crippen MR) is 91.7 cm³/mol. The van der Waals surface area contributed by atoms with Crippen LogP contribution in [0, 0.1) is 0 Å². The number of amides is 1. The van der Waals surface area contributed by atoms with E-state index in [2.05, 4.69) is 15.4 Å². The van der Waals surface area contributed by atoms with Crippen LogP contribution in [0.25, 0.3) is 5.69 Å². The van der Waals surface area contributed by atoms with Crippen LogP contribution in [0.15, 0.2) is 48.8 Å². The number of methoxy groups -OCH3 is 1. The zero-order valence-corrected chi connectivity index (χ0v) is 13.5. The Morgan fingerprint density at radius 1 is 1.25 bits per heavy atom. The number of benzene rings is 1. The number of para-hydroxylation sites is 2. The van der Waals surface area contributed by atoms with Gasteiger partial charge in [-0.25, -0.2) is 9.67 Å². The zero-order chi connectivity index (χ0) is 17.1. The molecule has 1 amide bonds. The third-order valence-corrected chi connectivity index (χ3v) is 3.56. The van der Waals surface area contributed by atoms with Crippen LogP contribution in [0.4, 0.5) is 11.6 Å². The molecule has 2 aromatic heterocycles. The lowest BCUT2D eigenvalue weighted by Crippen LogP contribution is -2.15. The van der Waals surface area contributed by atoms with Crippen molar-refractivity contribution >= 4 is 29.1 Å². The van der Waals surface area contributed by atoms with Gasteiger partial charge in [-0.15, -0.1) is 0 Å². The molecule has 0 unspecified atom stereocenters. The molecule has 122 valence electrons. The fraction of sp³-hybridized carbons (Fsp3) is 0.0625. The number of nitrogen functional groups attached to an aromatic ring is 1. The van der Waals surface area contributed by atoms with Gasteiger partial charge in [-0.3, -0.25) is 4.79 Å². The number of hydrogen-bond donors (Lipinski definition) is 2. The molecule has 0 spiro atoms. The smallest absolute Gasteiger partial charge is 0.262 e. The first-order valence-corrected chi connectivity index (χ1v) is 7.37. The lowest BCUT2D eigenvalue weighted by molar-refractivity contribution is 0.102. The van der Waals surface area contributed by atoms with Crippen molar-refractivity contribution in [2.24, 2.45) is 0 Å². The molecular formula is C16H14ClN5O2. The molecule has 0 aliphatic rings. The number of nitrogens with one attached hydrogen (secondary N) is 1. The van der Waals surface area contributed by atoms with Crippen molar-refractivity contribution in [2.75, 3.05) is 18.2 Å². The minimum Gasteiger partial charge on any atom is -0.494 e. The van der Waals surface area contributed by atoms with Gasteiger partial charge in [0, 0.05) is 6.20 Å². The Kier molecular flexibility index (Phi) is 4.35. The number of anilines is 2. The third kappa shape index (κ3) is 3.02. The molecule has 3 N–H and O–H groups in total. The van der Waals surface area contributed by atoms with E-state index in [9.17, 15) is 4.79 Å². The summed E-state index contributed by atoms with van der Waals surface area (Å²) < 4.78 is 6.74. The molecule has 2 heterocycles. The average molecular weight is 344 g/mol. The van der Waals surface area contributed by atoms with Gasteiger partial charge in [0.1, 0.15) is 28.6 Å². The summed E-state index contributed by atoms with van der Waals surface area (Å²) in [6.45, 7) is 0. The Bertz CT molecular complexity index is 876. The first-order valence-electron chi connectivity index (χ1n) is 7.00. The van der Waals surface area contributed by atoms with Crippen molar-refractivity contribution in [3.05, 3.63) is 59.4 Å². The summed E-state index contributed by atoms with van der Waals surface area (Å²) in [5.41, 5.74) is 6.95.